The van der Waals surface area contributed by atoms with Crippen LogP contribution in [0.25, 0.3) is 0 Å². The highest BCUT2D eigenvalue weighted by Gasteiger charge is 2.81. The largest absolute Gasteiger partial charge is 0.460 e. The lowest BCUT2D eigenvalue weighted by atomic mass is 9.71. The topological polar surface area (TPSA) is 9.23 Å². The van der Waals surface area contributed by atoms with Crippen molar-refractivity contribution in [1.82, 2.24) is 0 Å². The average Bonchev–Trinajstić information content (AvgIpc) is 3.50. The van der Waals surface area contributed by atoms with E-state index >= 15 is 0 Å². The van der Waals surface area contributed by atoms with E-state index in [1.807, 2.05) is 0 Å². The summed E-state index contributed by atoms with van der Waals surface area (Å²) in [5.74, 6) is 2.47. The van der Waals surface area contributed by atoms with Crippen LogP contribution in [0.5, 0.6) is 5.75 Å². The molecule has 5 rings (SSSR count). The Labute approximate surface area is 154 Å². The minimum Gasteiger partial charge on any atom is -0.460 e. The Balaban J connectivity index is 1.55. The number of para-hydroxylation sites is 1. The third-order valence-electron chi connectivity index (χ3n) is 6.34. The minimum absolute atomic E-state index is 0.395. The van der Waals surface area contributed by atoms with Crippen LogP contribution >= 0.6 is 23.5 Å². The van der Waals surface area contributed by atoms with Gasteiger partial charge in [-0.3, -0.25) is 0 Å². The van der Waals surface area contributed by atoms with E-state index in [1.54, 1.807) is 5.57 Å². The number of ether oxygens (including phenoxy) is 1. The van der Waals surface area contributed by atoms with Crippen LogP contribution in [0.3, 0.4) is 0 Å². The highest BCUT2D eigenvalue weighted by atomic mass is 32.2. The maximum absolute atomic E-state index is 6.49. The van der Waals surface area contributed by atoms with Gasteiger partial charge < -0.3 is 4.74 Å². The van der Waals surface area contributed by atoms with E-state index in [-0.39, 0.29) is 0 Å². The Morgan fingerprint density at radius 2 is 1.92 bits per heavy atom. The van der Waals surface area contributed by atoms with Crippen LogP contribution in [0.15, 0.2) is 35.6 Å². The molecule has 1 aromatic rings. The fourth-order valence-electron chi connectivity index (χ4n) is 5.01. The Kier molecular flexibility index (Phi) is 3.58. The van der Waals surface area contributed by atoms with Gasteiger partial charge in [0.2, 0.25) is 0 Å². The highest BCUT2D eigenvalue weighted by molar-refractivity contribution is 8.14. The van der Waals surface area contributed by atoms with Gasteiger partial charge in [-0.25, -0.2) is 0 Å². The van der Waals surface area contributed by atoms with Crippen molar-refractivity contribution in [3.8, 4) is 5.75 Å². The molecule has 4 unspecified atom stereocenters. The molecular formula is C21H26OS2. The fourth-order valence-corrected chi connectivity index (χ4v) is 8.98. The van der Waals surface area contributed by atoms with Gasteiger partial charge in [0.15, 0.2) is 0 Å². The van der Waals surface area contributed by atoms with E-state index < -0.39 is 0 Å². The van der Waals surface area contributed by atoms with E-state index in [1.165, 1.54) is 49.8 Å². The molecule has 1 aliphatic carbocycles. The lowest BCUT2D eigenvalue weighted by Gasteiger charge is -2.34. The lowest BCUT2D eigenvalue weighted by Crippen LogP contribution is -2.41. The molecule has 0 amide bonds. The van der Waals surface area contributed by atoms with Gasteiger partial charge in [-0.1, -0.05) is 57.7 Å². The summed E-state index contributed by atoms with van der Waals surface area (Å²) in [5.41, 5.74) is 3.06. The van der Waals surface area contributed by atoms with Crippen LogP contribution in [0.2, 0.25) is 0 Å². The zero-order valence-corrected chi connectivity index (χ0v) is 16.3. The molecule has 4 atom stereocenters. The normalized spacial score (nSPS) is 37.8. The molecule has 0 spiro atoms. The maximum atomic E-state index is 6.49. The third-order valence-corrected chi connectivity index (χ3v) is 10.0. The summed E-state index contributed by atoms with van der Waals surface area (Å²) in [6.45, 7) is 4.67. The zero-order valence-electron chi connectivity index (χ0n) is 14.6. The predicted molar refractivity (Wildman–Crippen MR) is 105 cm³/mol. The van der Waals surface area contributed by atoms with Gasteiger partial charge in [0, 0.05) is 16.4 Å². The number of fused-ring (bicyclic) bond motifs is 6. The zero-order chi connectivity index (χ0) is 16.4. The van der Waals surface area contributed by atoms with Crippen molar-refractivity contribution in [2.75, 3.05) is 0 Å². The van der Waals surface area contributed by atoms with Crippen molar-refractivity contribution in [2.24, 2.45) is 0 Å². The molecule has 1 aromatic carbocycles. The minimum atomic E-state index is 0.395. The molecule has 3 aliphatic heterocycles. The van der Waals surface area contributed by atoms with Crippen molar-refractivity contribution in [3.05, 3.63) is 41.2 Å². The first kappa shape index (κ1) is 15.7. The van der Waals surface area contributed by atoms with Crippen LogP contribution in [-0.2, 0) is 6.42 Å². The van der Waals surface area contributed by atoms with Gasteiger partial charge in [-0.15, -0.1) is 23.5 Å². The summed E-state index contributed by atoms with van der Waals surface area (Å²) in [4.78, 5) is 0. The first-order valence-corrected chi connectivity index (χ1v) is 11.4. The van der Waals surface area contributed by atoms with Gasteiger partial charge in [0.05, 0.1) is 10.00 Å². The second-order valence-electron chi connectivity index (χ2n) is 7.73. The van der Waals surface area contributed by atoms with Gasteiger partial charge in [0.1, 0.15) is 11.5 Å². The molecule has 3 heterocycles. The Morgan fingerprint density at radius 3 is 2.75 bits per heavy atom. The van der Waals surface area contributed by atoms with Crippen molar-refractivity contribution in [1.29, 1.82) is 0 Å². The maximum Gasteiger partial charge on any atom is 0.130 e. The van der Waals surface area contributed by atoms with Crippen molar-refractivity contribution in [3.63, 3.8) is 0 Å². The molecule has 1 nitrogen and oxygen atoms in total. The lowest BCUT2D eigenvalue weighted by molar-refractivity contribution is 0.339. The van der Waals surface area contributed by atoms with E-state index in [9.17, 15) is 0 Å². The summed E-state index contributed by atoms with van der Waals surface area (Å²) in [6.07, 6.45) is 9.23. The molecule has 4 aliphatic rings. The van der Waals surface area contributed by atoms with Gasteiger partial charge in [-0.2, -0.15) is 0 Å². The second kappa shape index (κ2) is 5.48. The molecule has 0 bridgehead atoms. The molecule has 2 saturated heterocycles. The number of rotatable bonds is 6. The molecule has 0 saturated carbocycles. The number of benzene rings is 1. The molecular weight excluding hydrogens is 332 g/mol. The highest BCUT2D eigenvalue weighted by Crippen LogP contribution is 2.83. The van der Waals surface area contributed by atoms with E-state index in [4.69, 9.17) is 4.74 Å². The average molecular weight is 359 g/mol. The first-order chi connectivity index (χ1) is 11.8. The van der Waals surface area contributed by atoms with Crippen LogP contribution < -0.4 is 4.74 Å². The summed E-state index contributed by atoms with van der Waals surface area (Å²) in [6, 6.07) is 8.68. The molecule has 128 valence electrons. The second-order valence-corrected chi connectivity index (χ2v) is 10.6. The van der Waals surface area contributed by atoms with Crippen LogP contribution in [0.1, 0.15) is 57.9 Å². The molecule has 0 radical (unpaired) electrons. The molecule has 0 aromatic heterocycles. The summed E-state index contributed by atoms with van der Waals surface area (Å²) >= 11 is 4.51. The van der Waals surface area contributed by atoms with Crippen molar-refractivity contribution in [2.45, 2.75) is 78.8 Å². The monoisotopic (exact) mass is 358 g/mol. The number of hydrogen-bond acceptors (Lipinski definition) is 3. The van der Waals surface area contributed by atoms with Crippen LogP contribution in [0, 0.1) is 0 Å². The summed E-state index contributed by atoms with van der Waals surface area (Å²) in [5, 5.41) is 1.46. The van der Waals surface area contributed by atoms with Gasteiger partial charge >= 0.3 is 0 Å². The quantitative estimate of drug-likeness (QED) is 0.579. The number of thioether (sulfide) groups is 2. The molecule has 2 fully saturated rings. The molecule has 24 heavy (non-hydrogen) atoms. The van der Waals surface area contributed by atoms with Crippen LogP contribution in [-0.4, -0.2) is 20.0 Å². The standard InChI is InChI=1S/C21H26OS2/c1-3-5-11-20-15-13-14-9-7-8-10-16(14)22-17(15)18-19(23-18)21(20,24-20)12-6-4-2/h7-10,18-19H,3-6,11-13H2,1-2H3. The van der Waals surface area contributed by atoms with Crippen LogP contribution in [0.4, 0.5) is 0 Å². The smallest absolute Gasteiger partial charge is 0.130 e. The summed E-state index contributed by atoms with van der Waals surface area (Å²) in [7, 11) is 0. The molecule has 0 N–H and O–H groups in total. The van der Waals surface area contributed by atoms with Gasteiger partial charge in [0.25, 0.3) is 0 Å². The Bertz CT molecular complexity index is 712. The van der Waals surface area contributed by atoms with E-state index in [0.29, 0.717) is 14.7 Å². The molecule has 3 heteroatoms. The summed E-state index contributed by atoms with van der Waals surface area (Å²) < 4.78 is 7.41. The Hall–Kier alpha value is -0.540. The van der Waals surface area contributed by atoms with Gasteiger partial charge in [-0.05, 0) is 30.0 Å². The third kappa shape index (κ3) is 1.97. The predicted octanol–water partition coefficient (Wildman–Crippen LogP) is 5.98. The SMILES string of the molecule is CCCCC12SC1(CCCC)C1SC1C1=C2Cc2ccccc2O1. The van der Waals surface area contributed by atoms with Crippen molar-refractivity contribution >= 4 is 23.5 Å². The Morgan fingerprint density at radius 1 is 1.12 bits per heavy atom. The van der Waals surface area contributed by atoms with Crippen molar-refractivity contribution < 1.29 is 4.74 Å². The number of unbranched alkanes of at least 4 members (excludes halogenated alkanes) is 2. The van der Waals surface area contributed by atoms with E-state index in [0.717, 1.165) is 17.4 Å². The van der Waals surface area contributed by atoms with E-state index in [2.05, 4.69) is 61.6 Å². The number of hydrogen-bond donors (Lipinski definition) is 0. The first-order valence-electron chi connectivity index (χ1n) is 9.60. The fraction of sp³-hybridized carbons (Fsp3) is 0.619.